The minimum absolute atomic E-state index is 0.112. The molecule has 9 heteroatoms. The van der Waals surface area contributed by atoms with E-state index in [1.165, 1.54) is 30.5 Å². The molecule has 1 aromatic carbocycles. The van der Waals surface area contributed by atoms with Crippen LogP contribution >= 0.6 is 27.5 Å². The Morgan fingerprint density at radius 3 is 2.76 bits per heavy atom. The molecule has 0 fully saturated rings. The van der Waals surface area contributed by atoms with Crippen molar-refractivity contribution in [3.63, 3.8) is 0 Å². The van der Waals surface area contributed by atoms with Crippen molar-refractivity contribution in [3.8, 4) is 11.6 Å². The van der Waals surface area contributed by atoms with Crippen molar-refractivity contribution in [1.29, 1.82) is 0 Å². The van der Waals surface area contributed by atoms with Gasteiger partial charge in [0.2, 0.25) is 11.6 Å². The number of carbonyl (C=O) groups is 1. The lowest BCUT2D eigenvalue weighted by atomic mass is 10.2. The number of pyridine rings is 1. The Kier molecular flexibility index (Phi) is 4.39. The van der Waals surface area contributed by atoms with E-state index in [1.54, 1.807) is 0 Å². The molecule has 0 bridgehead atoms. The predicted molar refractivity (Wildman–Crippen MR) is 77.1 cm³/mol. The summed E-state index contributed by atoms with van der Waals surface area (Å²) in [7, 11) is 0. The number of hydrogen-bond donors (Lipinski definition) is 1. The van der Waals surface area contributed by atoms with E-state index in [9.17, 15) is 14.9 Å². The molecule has 1 aromatic heterocycles. The second-order valence-corrected chi connectivity index (χ2v) is 4.96. The molecular weight excluding hydrogens is 367 g/mol. The van der Waals surface area contributed by atoms with Crippen LogP contribution in [0.15, 0.2) is 34.9 Å². The van der Waals surface area contributed by atoms with E-state index in [2.05, 4.69) is 20.9 Å². The highest BCUT2D eigenvalue weighted by Gasteiger charge is 2.22. The number of halogens is 2. The van der Waals surface area contributed by atoms with Crippen molar-refractivity contribution in [2.24, 2.45) is 0 Å². The van der Waals surface area contributed by atoms with Crippen LogP contribution in [0.5, 0.6) is 11.6 Å². The smallest absolute Gasteiger partial charge is 0.337 e. The Hall–Kier alpha value is -2.19. The fraction of sp³-hybridized carbons (Fsp3) is 0. The Labute approximate surface area is 131 Å². The van der Waals surface area contributed by atoms with E-state index in [4.69, 9.17) is 21.4 Å². The van der Waals surface area contributed by atoms with Crippen LogP contribution in [0, 0.1) is 10.1 Å². The molecule has 0 aliphatic heterocycles. The fourth-order valence-electron chi connectivity index (χ4n) is 1.50. The molecule has 0 unspecified atom stereocenters. The van der Waals surface area contributed by atoms with Gasteiger partial charge in [0.1, 0.15) is 5.02 Å². The lowest BCUT2D eigenvalue weighted by Gasteiger charge is -2.09. The van der Waals surface area contributed by atoms with Crippen LogP contribution in [0.25, 0.3) is 0 Å². The number of nitrogens with zero attached hydrogens (tertiary/aromatic N) is 2. The fourth-order valence-corrected chi connectivity index (χ4v) is 2.17. The molecule has 1 heterocycles. The number of benzene rings is 1. The molecule has 0 spiro atoms. The lowest BCUT2D eigenvalue weighted by molar-refractivity contribution is -0.385. The monoisotopic (exact) mass is 372 g/mol. The quantitative estimate of drug-likeness (QED) is 0.644. The third kappa shape index (κ3) is 3.11. The van der Waals surface area contributed by atoms with Gasteiger partial charge >= 0.3 is 11.7 Å². The summed E-state index contributed by atoms with van der Waals surface area (Å²) >= 11 is 9.01. The zero-order chi connectivity index (χ0) is 15.6. The molecule has 108 valence electrons. The summed E-state index contributed by atoms with van der Waals surface area (Å²) in [4.78, 5) is 25.1. The lowest BCUT2D eigenvalue weighted by Crippen LogP contribution is -2.01. The van der Waals surface area contributed by atoms with E-state index in [0.29, 0.717) is 4.47 Å². The van der Waals surface area contributed by atoms with Crippen molar-refractivity contribution >= 4 is 39.2 Å². The summed E-state index contributed by atoms with van der Waals surface area (Å²) in [5, 5.41) is 19.7. The maximum Gasteiger partial charge on any atom is 0.337 e. The largest absolute Gasteiger partial charge is 0.478 e. The molecule has 21 heavy (non-hydrogen) atoms. The topological polar surface area (TPSA) is 103 Å². The van der Waals surface area contributed by atoms with E-state index < -0.39 is 10.9 Å². The number of nitro groups is 1. The van der Waals surface area contributed by atoms with Gasteiger partial charge in [-0.2, -0.15) is 0 Å². The number of rotatable bonds is 4. The first kappa shape index (κ1) is 15.2. The van der Waals surface area contributed by atoms with Gasteiger partial charge in [0.15, 0.2) is 0 Å². The van der Waals surface area contributed by atoms with Gasteiger partial charge in [0.25, 0.3) is 0 Å². The van der Waals surface area contributed by atoms with Gasteiger partial charge < -0.3 is 9.84 Å². The Morgan fingerprint density at radius 1 is 1.43 bits per heavy atom. The first-order chi connectivity index (χ1) is 9.91. The third-order valence-corrected chi connectivity index (χ3v) is 3.42. The zero-order valence-electron chi connectivity index (χ0n) is 10.1. The molecule has 2 aromatic rings. The minimum Gasteiger partial charge on any atom is -0.478 e. The number of ether oxygens (including phenoxy) is 1. The molecule has 2 rings (SSSR count). The Balaban J connectivity index is 2.51. The first-order valence-corrected chi connectivity index (χ1v) is 6.57. The molecule has 0 aliphatic rings. The van der Waals surface area contributed by atoms with Crippen LogP contribution in [0.4, 0.5) is 5.69 Å². The summed E-state index contributed by atoms with van der Waals surface area (Å²) < 4.78 is 5.64. The molecule has 0 saturated carbocycles. The van der Waals surface area contributed by atoms with Crippen LogP contribution in [0.3, 0.4) is 0 Å². The molecule has 0 saturated heterocycles. The summed E-state index contributed by atoms with van der Waals surface area (Å²) in [6.07, 6.45) is 1.19. The second-order valence-electron chi connectivity index (χ2n) is 3.73. The van der Waals surface area contributed by atoms with Crippen LogP contribution in [0.1, 0.15) is 10.4 Å². The van der Waals surface area contributed by atoms with Gasteiger partial charge in [0.05, 0.1) is 15.0 Å². The average molecular weight is 374 g/mol. The van der Waals surface area contributed by atoms with Gasteiger partial charge in [-0.15, -0.1) is 0 Å². The first-order valence-electron chi connectivity index (χ1n) is 5.40. The molecule has 0 radical (unpaired) electrons. The number of nitro benzene ring substituents is 1. The van der Waals surface area contributed by atoms with E-state index in [-0.39, 0.29) is 27.9 Å². The Morgan fingerprint density at radius 2 is 2.14 bits per heavy atom. The van der Waals surface area contributed by atoms with E-state index >= 15 is 0 Å². The van der Waals surface area contributed by atoms with Crippen LogP contribution in [-0.4, -0.2) is 21.0 Å². The summed E-state index contributed by atoms with van der Waals surface area (Å²) in [6, 6.07) is 5.45. The minimum atomic E-state index is -1.26. The van der Waals surface area contributed by atoms with Crippen molar-refractivity contribution in [1.82, 2.24) is 4.98 Å². The van der Waals surface area contributed by atoms with E-state index in [0.717, 1.165) is 0 Å². The molecule has 7 nitrogen and oxygen atoms in total. The predicted octanol–water partition coefficient (Wildman–Crippen LogP) is 3.90. The van der Waals surface area contributed by atoms with Gasteiger partial charge in [-0.05, 0) is 28.1 Å². The van der Waals surface area contributed by atoms with Crippen LogP contribution < -0.4 is 4.74 Å². The number of carboxylic acid groups (broad SMARTS) is 1. The molecule has 1 N–H and O–H groups in total. The Bertz CT molecular complexity index is 738. The van der Waals surface area contributed by atoms with Crippen molar-refractivity contribution in [2.45, 2.75) is 0 Å². The number of aromatic carboxylic acids is 1. The van der Waals surface area contributed by atoms with Crippen molar-refractivity contribution < 1.29 is 19.6 Å². The van der Waals surface area contributed by atoms with Gasteiger partial charge in [-0.25, -0.2) is 9.78 Å². The molecule has 0 aliphatic carbocycles. The summed E-state index contributed by atoms with van der Waals surface area (Å²) in [6.45, 7) is 0. The highest BCUT2D eigenvalue weighted by Crippen LogP contribution is 2.39. The second kappa shape index (κ2) is 6.06. The normalized spacial score (nSPS) is 10.2. The van der Waals surface area contributed by atoms with Crippen molar-refractivity contribution in [3.05, 3.63) is 55.6 Å². The maximum absolute atomic E-state index is 11.0. The molecule has 0 atom stereocenters. The average Bonchev–Trinajstić information content (AvgIpc) is 2.42. The number of para-hydroxylation sites is 1. The standard InChI is InChI=1S/C12H6BrClN2O5/c13-7-2-1-3-8(16(19)20)10(7)21-11-9(14)6(12(17)18)4-5-15-11/h1-5H,(H,17,18). The van der Waals surface area contributed by atoms with Crippen molar-refractivity contribution in [2.75, 3.05) is 0 Å². The van der Waals surface area contributed by atoms with Gasteiger partial charge in [-0.3, -0.25) is 10.1 Å². The maximum atomic E-state index is 11.0. The van der Waals surface area contributed by atoms with Gasteiger partial charge in [-0.1, -0.05) is 17.7 Å². The number of carboxylic acids is 1. The number of aromatic nitrogens is 1. The molecular formula is C12H6BrClN2O5. The SMILES string of the molecule is O=C(O)c1ccnc(Oc2c(Br)cccc2[N+](=O)[O-])c1Cl. The highest BCUT2D eigenvalue weighted by molar-refractivity contribution is 9.10. The third-order valence-electron chi connectivity index (χ3n) is 2.43. The zero-order valence-corrected chi connectivity index (χ0v) is 12.5. The number of hydrogen-bond acceptors (Lipinski definition) is 5. The molecule has 0 amide bonds. The van der Waals surface area contributed by atoms with Crippen LogP contribution in [-0.2, 0) is 0 Å². The highest BCUT2D eigenvalue weighted by atomic mass is 79.9. The summed E-state index contributed by atoms with van der Waals surface area (Å²) in [5.74, 6) is -1.60. The van der Waals surface area contributed by atoms with Gasteiger partial charge in [0, 0.05) is 12.3 Å². The van der Waals surface area contributed by atoms with E-state index in [1.807, 2.05) is 0 Å². The summed E-state index contributed by atoms with van der Waals surface area (Å²) in [5.41, 5.74) is -0.514. The van der Waals surface area contributed by atoms with Crippen LogP contribution in [0.2, 0.25) is 5.02 Å².